The molecule has 0 saturated heterocycles. The third-order valence-corrected chi connectivity index (χ3v) is 1.68. The molecule has 8 heteroatoms. The molecule has 15 heavy (non-hydrogen) atoms. The molecule has 0 fully saturated rings. The summed E-state index contributed by atoms with van der Waals surface area (Å²) in [5.41, 5.74) is -2.38. The van der Waals surface area contributed by atoms with E-state index in [9.17, 15) is 17.6 Å². The number of hydrogen-bond acceptors (Lipinski definition) is 3. The molecule has 0 aliphatic heterocycles. The van der Waals surface area contributed by atoms with Crippen LogP contribution in [-0.4, -0.2) is 22.3 Å². The number of benzene rings is 1. The summed E-state index contributed by atoms with van der Waals surface area (Å²) in [6.45, 7) is 0. The summed E-state index contributed by atoms with van der Waals surface area (Å²) in [4.78, 5) is 0. The lowest BCUT2D eigenvalue weighted by molar-refractivity contribution is -0.140. The summed E-state index contributed by atoms with van der Waals surface area (Å²) < 4.78 is 49.3. The molecule has 1 aromatic rings. The molecule has 0 aliphatic carbocycles. The molecule has 0 radical (unpaired) electrons. The van der Waals surface area contributed by atoms with Gasteiger partial charge in [-0.1, -0.05) is 0 Å². The van der Waals surface area contributed by atoms with Crippen molar-refractivity contribution < 1.29 is 32.7 Å². The number of hydrogen-bond donors (Lipinski definition) is 3. The first-order chi connectivity index (χ1) is 6.73. The van der Waals surface area contributed by atoms with E-state index in [0.29, 0.717) is 6.07 Å². The first-order valence-corrected chi connectivity index (χ1v) is 3.69. The van der Waals surface area contributed by atoms with E-state index in [1.807, 2.05) is 0 Å². The molecule has 82 valence electrons. The Morgan fingerprint density at radius 3 is 2.07 bits per heavy atom. The van der Waals surface area contributed by atoms with Crippen LogP contribution in [0.25, 0.3) is 0 Å². The van der Waals surface area contributed by atoms with Gasteiger partial charge in [-0.15, -0.1) is 0 Å². The first kappa shape index (κ1) is 11.8. The Labute approximate surface area is 81.7 Å². The van der Waals surface area contributed by atoms with Gasteiger partial charge >= 0.3 is 13.3 Å². The number of halogens is 4. The minimum Gasteiger partial charge on any atom is -0.505 e. The summed E-state index contributed by atoms with van der Waals surface area (Å²) in [6.07, 6.45) is -5.01. The van der Waals surface area contributed by atoms with Crippen LogP contribution in [0.2, 0.25) is 0 Å². The van der Waals surface area contributed by atoms with Gasteiger partial charge in [0.05, 0.1) is 5.56 Å². The number of rotatable bonds is 1. The summed E-state index contributed by atoms with van der Waals surface area (Å²) in [6, 6.07) is 0.731. The highest BCUT2D eigenvalue weighted by Crippen LogP contribution is 2.33. The van der Waals surface area contributed by atoms with Crippen LogP contribution in [0.15, 0.2) is 12.1 Å². The Hall–Kier alpha value is -1.28. The molecule has 0 saturated carbocycles. The van der Waals surface area contributed by atoms with E-state index in [0.717, 1.165) is 0 Å². The van der Waals surface area contributed by atoms with Crippen molar-refractivity contribution in [2.75, 3.05) is 0 Å². The maximum absolute atomic E-state index is 12.8. The normalized spacial score (nSPS) is 11.6. The fourth-order valence-corrected chi connectivity index (χ4v) is 0.986. The lowest BCUT2D eigenvalue weighted by Gasteiger charge is -2.11. The van der Waals surface area contributed by atoms with Crippen molar-refractivity contribution in [1.82, 2.24) is 0 Å². The van der Waals surface area contributed by atoms with Crippen LogP contribution in [0.5, 0.6) is 5.75 Å². The zero-order valence-corrected chi connectivity index (χ0v) is 7.09. The van der Waals surface area contributed by atoms with Gasteiger partial charge in [-0.05, 0) is 17.6 Å². The van der Waals surface area contributed by atoms with E-state index in [1.165, 1.54) is 0 Å². The quantitative estimate of drug-likeness (QED) is 0.472. The van der Waals surface area contributed by atoms with Crippen LogP contribution < -0.4 is 5.46 Å². The van der Waals surface area contributed by atoms with Gasteiger partial charge in [-0.3, -0.25) is 0 Å². The van der Waals surface area contributed by atoms with Crippen LogP contribution in [-0.2, 0) is 6.18 Å². The zero-order valence-electron chi connectivity index (χ0n) is 7.09. The van der Waals surface area contributed by atoms with E-state index in [1.54, 1.807) is 0 Å². The number of phenols is 1. The molecule has 0 aromatic heterocycles. The Morgan fingerprint density at radius 2 is 1.67 bits per heavy atom. The molecule has 0 unspecified atom stereocenters. The molecule has 1 aromatic carbocycles. The zero-order chi connectivity index (χ0) is 11.8. The topological polar surface area (TPSA) is 60.7 Å². The van der Waals surface area contributed by atoms with E-state index in [4.69, 9.17) is 15.2 Å². The van der Waals surface area contributed by atoms with Gasteiger partial charge in [-0.25, -0.2) is 4.39 Å². The average Bonchev–Trinajstić information content (AvgIpc) is 2.06. The summed E-state index contributed by atoms with van der Waals surface area (Å²) in [5, 5.41) is 26.0. The number of aromatic hydroxyl groups is 1. The Balaban J connectivity index is 3.38. The predicted octanol–water partition coefficient (Wildman–Crippen LogP) is 0.230. The minimum atomic E-state index is -5.01. The highest BCUT2D eigenvalue weighted by molar-refractivity contribution is 6.58. The Kier molecular flexibility index (Phi) is 2.92. The molecule has 3 N–H and O–H groups in total. The van der Waals surface area contributed by atoms with Gasteiger partial charge in [0.15, 0.2) is 11.6 Å². The van der Waals surface area contributed by atoms with Gasteiger partial charge in [0, 0.05) is 0 Å². The van der Waals surface area contributed by atoms with Crippen LogP contribution in [0, 0.1) is 5.82 Å². The van der Waals surface area contributed by atoms with Gasteiger partial charge in [0.25, 0.3) is 0 Å². The van der Waals surface area contributed by atoms with Gasteiger partial charge < -0.3 is 15.2 Å². The second kappa shape index (κ2) is 3.71. The van der Waals surface area contributed by atoms with Crippen molar-refractivity contribution in [3.05, 3.63) is 23.5 Å². The molecular formula is C7H5BF4O3. The van der Waals surface area contributed by atoms with Crippen molar-refractivity contribution in [1.29, 1.82) is 0 Å². The fourth-order valence-electron chi connectivity index (χ4n) is 0.986. The third-order valence-electron chi connectivity index (χ3n) is 1.68. The summed E-state index contributed by atoms with van der Waals surface area (Å²) in [7, 11) is -2.21. The van der Waals surface area contributed by atoms with E-state index < -0.39 is 35.9 Å². The summed E-state index contributed by atoms with van der Waals surface area (Å²) >= 11 is 0. The first-order valence-electron chi connectivity index (χ1n) is 3.69. The maximum atomic E-state index is 12.8. The maximum Gasteiger partial charge on any atom is 0.488 e. The van der Waals surface area contributed by atoms with Crippen molar-refractivity contribution in [3.8, 4) is 5.75 Å². The van der Waals surface area contributed by atoms with Crippen molar-refractivity contribution in [2.24, 2.45) is 0 Å². The highest BCUT2D eigenvalue weighted by atomic mass is 19.4. The average molecular weight is 224 g/mol. The molecule has 0 bridgehead atoms. The van der Waals surface area contributed by atoms with E-state index in [-0.39, 0.29) is 6.07 Å². The highest BCUT2D eigenvalue weighted by Gasteiger charge is 2.36. The molecular weight excluding hydrogens is 219 g/mol. The fraction of sp³-hybridized carbons (Fsp3) is 0.143. The van der Waals surface area contributed by atoms with Crippen molar-refractivity contribution in [2.45, 2.75) is 6.18 Å². The van der Waals surface area contributed by atoms with Gasteiger partial charge in [-0.2, -0.15) is 13.2 Å². The lowest BCUT2D eigenvalue weighted by Crippen LogP contribution is -2.31. The minimum absolute atomic E-state index is 0.222. The Bertz CT molecular complexity index is 377. The van der Waals surface area contributed by atoms with Gasteiger partial charge in [0.1, 0.15) is 0 Å². The SMILES string of the molecule is OB(O)c1cc(O)c(F)c(C(F)(F)F)c1. The van der Waals surface area contributed by atoms with Crippen LogP contribution in [0.4, 0.5) is 17.6 Å². The lowest BCUT2D eigenvalue weighted by atomic mass is 9.79. The van der Waals surface area contributed by atoms with Crippen LogP contribution >= 0.6 is 0 Å². The third kappa shape index (κ3) is 2.39. The van der Waals surface area contributed by atoms with Crippen molar-refractivity contribution >= 4 is 12.6 Å². The standard InChI is InChI=1S/C7H5BF4O3/c9-6-4(7(10,11)12)1-3(8(14)15)2-5(6)13/h1-2,13-15H. The molecule has 0 heterocycles. The van der Waals surface area contributed by atoms with E-state index in [2.05, 4.69) is 0 Å². The molecule has 1 rings (SSSR count). The largest absolute Gasteiger partial charge is 0.505 e. The monoisotopic (exact) mass is 224 g/mol. The van der Waals surface area contributed by atoms with Crippen LogP contribution in [0.1, 0.15) is 5.56 Å². The Morgan fingerprint density at radius 1 is 1.13 bits per heavy atom. The molecule has 0 spiro atoms. The van der Waals surface area contributed by atoms with Crippen LogP contribution in [0.3, 0.4) is 0 Å². The molecule has 0 amide bonds. The molecule has 0 atom stereocenters. The number of phenolic OH excluding ortho intramolecular Hbond substituents is 1. The second-order valence-corrected chi connectivity index (χ2v) is 2.77. The molecule has 0 aliphatic rings. The summed E-state index contributed by atoms with van der Waals surface area (Å²) in [5.74, 6) is -3.13. The predicted molar refractivity (Wildman–Crippen MR) is 42.9 cm³/mol. The van der Waals surface area contributed by atoms with E-state index >= 15 is 0 Å². The smallest absolute Gasteiger partial charge is 0.488 e. The molecule has 3 nitrogen and oxygen atoms in total. The van der Waals surface area contributed by atoms with Crippen molar-refractivity contribution in [3.63, 3.8) is 0 Å². The van der Waals surface area contributed by atoms with Gasteiger partial charge in [0.2, 0.25) is 0 Å². The number of alkyl halides is 3. The second-order valence-electron chi connectivity index (χ2n) is 2.77.